The summed E-state index contributed by atoms with van der Waals surface area (Å²) < 4.78 is 48.5. The van der Waals surface area contributed by atoms with Crippen LogP contribution in [0.25, 0.3) is 17.2 Å². The van der Waals surface area contributed by atoms with Crippen LogP contribution in [0.1, 0.15) is 51.1 Å². The number of nitrogens with zero attached hydrogens (tertiary/aromatic N) is 6. The van der Waals surface area contributed by atoms with E-state index in [1.807, 2.05) is 12.1 Å². The molecule has 3 aliphatic rings. The molecular formula is C25H19F3N6O2. The molecule has 0 aliphatic carbocycles. The lowest BCUT2D eigenvalue weighted by molar-refractivity contribution is -0.138. The minimum atomic E-state index is -4.66. The SMILES string of the molecule is O=C1c2c(cccc2C(F)(F)F)-n2cnc(-c3noc(CN4Cc5ccccc5C4)n3)c2[C@@H]2CCN12. The lowest BCUT2D eigenvalue weighted by Gasteiger charge is -2.40. The van der Waals surface area contributed by atoms with E-state index < -0.39 is 23.7 Å². The molecule has 0 N–H and O–H groups in total. The number of imidazole rings is 1. The van der Waals surface area contributed by atoms with Gasteiger partial charge in [0, 0.05) is 19.6 Å². The Morgan fingerprint density at radius 2 is 1.83 bits per heavy atom. The van der Waals surface area contributed by atoms with Crippen LogP contribution >= 0.6 is 0 Å². The first-order valence-electron chi connectivity index (χ1n) is 11.6. The number of amides is 1. The monoisotopic (exact) mass is 492 g/mol. The fourth-order valence-electron chi connectivity index (χ4n) is 5.42. The highest BCUT2D eigenvalue weighted by Gasteiger charge is 2.46. The summed E-state index contributed by atoms with van der Waals surface area (Å²) in [7, 11) is 0. The number of hydrogen-bond donors (Lipinski definition) is 0. The van der Waals surface area contributed by atoms with Gasteiger partial charge in [0.05, 0.1) is 35.1 Å². The molecule has 3 aliphatic heterocycles. The minimum Gasteiger partial charge on any atom is -0.337 e. The maximum Gasteiger partial charge on any atom is 0.417 e. The number of alkyl halides is 3. The van der Waals surface area contributed by atoms with E-state index in [-0.39, 0.29) is 17.1 Å². The van der Waals surface area contributed by atoms with Crippen molar-refractivity contribution in [3.63, 3.8) is 0 Å². The Kier molecular flexibility index (Phi) is 4.44. The summed E-state index contributed by atoms with van der Waals surface area (Å²) >= 11 is 0. The molecule has 36 heavy (non-hydrogen) atoms. The minimum absolute atomic E-state index is 0.150. The Balaban J connectivity index is 1.26. The predicted molar refractivity (Wildman–Crippen MR) is 120 cm³/mol. The summed E-state index contributed by atoms with van der Waals surface area (Å²) in [6, 6.07) is 11.6. The van der Waals surface area contributed by atoms with Gasteiger partial charge in [0.15, 0.2) is 0 Å². The van der Waals surface area contributed by atoms with E-state index in [9.17, 15) is 18.0 Å². The highest BCUT2D eigenvalue weighted by atomic mass is 19.4. The van der Waals surface area contributed by atoms with Gasteiger partial charge in [0.25, 0.3) is 5.91 Å². The van der Waals surface area contributed by atoms with E-state index in [1.165, 1.54) is 34.5 Å². The Bertz CT molecular complexity index is 1500. The first-order chi connectivity index (χ1) is 17.4. The molecule has 2 aromatic heterocycles. The fraction of sp³-hybridized carbons (Fsp3) is 0.280. The Morgan fingerprint density at radius 3 is 2.53 bits per heavy atom. The van der Waals surface area contributed by atoms with Crippen LogP contribution in [0.4, 0.5) is 13.2 Å². The van der Waals surface area contributed by atoms with E-state index in [0.29, 0.717) is 36.8 Å². The molecule has 7 rings (SSSR count). The molecule has 2 aromatic carbocycles. The summed E-state index contributed by atoms with van der Waals surface area (Å²) in [4.78, 5) is 25.9. The average Bonchev–Trinajstić information content (AvgIpc) is 3.54. The number of fused-ring (bicyclic) bond motifs is 6. The van der Waals surface area contributed by atoms with Crippen molar-refractivity contribution >= 4 is 5.91 Å². The molecule has 0 spiro atoms. The number of halogens is 3. The highest BCUT2D eigenvalue weighted by molar-refractivity contribution is 6.01. The van der Waals surface area contributed by atoms with Crippen LogP contribution in [0, 0.1) is 0 Å². The third kappa shape index (κ3) is 3.12. The summed E-state index contributed by atoms with van der Waals surface area (Å²) in [6.45, 7) is 2.40. The highest BCUT2D eigenvalue weighted by Crippen LogP contribution is 2.45. The van der Waals surface area contributed by atoms with Gasteiger partial charge in [-0.2, -0.15) is 18.2 Å². The standard InChI is InChI=1S/C25H19F3N6O2/c26-25(27,28)16-6-3-7-17-20(16)24(35)33-9-8-18(33)22-21(29-13-34(17)22)23-30-19(36-31-23)12-32-10-14-4-1-2-5-15(14)11-32/h1-7,13,18H,8-12H2/t18-/m0/s1. The molecule has 182 valence electrons. The van der Waals surface area contributed by atoms with Crippen molar-refractivity contribution in [2.45, 2.75) is 38.3 Å². The van der Waals surface area contributed by atoms with Gasteiger partial charge in [-0.25, -0.2) is 4.98 Å². The first kappa shape index (κ1) is 21.3. The molecule has 1 saturated heterocycles. The van der Waals surface area contributed by atoms with Crippen molar-refractivity contribution in [2.24, 2.45) is 0 Å². The van der Waals surface area contributed by atoms with Gasteiger partial charge in [0.1, 0.15) is 12.0 Å². The lowest BCUT2D eigenvalue weighted by Crippen LogP contribution is -2.45. The molecule has 0 saturated carbocycles. The second kappa shape index (κ2) is 7.50. The maximum absolute atomic E-state index is 13.8. The molecule has 5 heterocycles. The lowest BCUT2D eigenvalue weighted by atomic mass is 9.96. The molecule has 0 bridgehead atoms. The van der Waals surface area contributed by atoms with Crippen LogP contribution in [0.3, 0.4) is 0 Å². The number of rotatable bonds is 3. The van der Waals surface area contributed by atoms with E-state index in [0.717, 1.165) is 19.2 Å². The number of carbonyl (C=O) groups is 1. The van der Waals surface area contributed by atoms with Crippen LogP contribution in [-0.2, 0) is 25.8 Å². The van der Waals surface area contributed by atoms with Crippen molar-refractivity contribution in [3.8, 4) is 17.2 Å². The zero-order valence-corrected chi connectivity index (χ0v) is 18.9. The van der Waals surface area contributed by atoms with Crippen molar-refractivity contribution in [2.75, 3.05) is 6.54 Å². The van der Waals surface area contributed by atoms with Crippen molar-refractivity contribution in [1.29, 1.82) is 0 Å². The number of carbonyl (C=O) groups excluding carboxylic acids is 1. The third-order valence-corrected chi connectivity index (χ3v) is 7.17. The summed E-state index contributed by atoms with van der Waals surface area (Å²) in [5.74, 6) is 0.0471. The van der Waals surface area contributed by atoms with E-state index in [4.69, 9.17) is 4.52 Å². The Morgan fingerprint density at radius 1 is 1.06 bits per heavy atom. The fourth-order valence-corrected chi connectivity index (χ4v) is 5.42. The number of hydrogen-bond acceptors (Lipinski definition) is 6. The van der Waals surface area contributed by atoms with Crippen LogP contribution in [0.15, 0.2) is 53.3 Å². The zero-order valence-electron chi connectivity index (χ0n) is 18.9. The van der Waals surface area contributed by atoms with Crippen molar-refractivity contribution in [3.05, 3.63) is 82.6 Å². The van der Waals surface area contributed by atoms with Gasteiger partial charge in [-0.1, -0.05) is 35.5 Å². The van der Waals surface area contributed by atoms with Gasteiger partial charge in [-0.05, 0) is 29.7 Å². The topological polar surface area (TPSA) is 80.3 Å². The van der Waals surface area contributed by atoms with E-state index in [1.54, 1.807) is 4.57 Å². The summed E-state index contributed by atoms with van der Waals surface area (Å²) in [6.07, 6.45) is -2.62. The van der Waals surface area contributed by atoms with Gasteiger partial charge in [0.2, 0.25) is 11.7 Å². The molecule has 1 amide bonds. The molecule has 8 nitrogen and oxygen atoms in total. The van der Waals surface area contributed by atoms with Crippen molar-refractivity contribution < 1.29 is 22.5 Å². The summed E-state index contributed by atoms with van der Waals surface area (Å²) in [5, 5.41) is 4.13. The van der Waals surface area contributed by atoms with Crippen LogP contribution in [0.5, 0.6) is 0 Å². The smallest absolute Gasteiger partial charge is 0.337 e. The third-order valence-electron chi connectivity index (χ3n) is 7.17. The zero-order chi connectivity index (χ0) is 24.6. The largest absolute Gasteiger partial charge is 0.417 e. The van der Waals surface area contributed by atoms with Gasteiger partial charge in [-0.3, -0.25) is 14.3 Å². The van der Waals surface area contributed by atoms with Crippen molar-refractivity contribution in [1.82, 2.24) is 29.5 Å². The van der Waals surface area contributed by atoms with Crippen LogP contribution < -0.4 is 0 Å². The number of benzene rings is 2. The Hall–Kier alpha value is -3.99. The normalized spacial score (nSPS) is 18.8. The molecule has 0 radical (unpaired) electrons. The molecule has 4 aromatic rings. The molecular weight excluding hydrogens is 473 g/mol. The van der Waals surface area contributed by atoms with E-state index >= 15 is 0 Å². The predicted octanol–water partition coefficient (Wildman–Crippen LogP) is 4.36. The molecule has 1 fully saturated rings. The molecule has 11 heteroatoms. The molecule has 1 atom stereocenters. The average molecular weight is 492 g/mol. The second-order valence-electron chi connectivity index (χ2n) is 9.27. The van der Waals surface area contributed by atoms with Crippen LogP contribution in [-0.4, -0.2) is 41.9 Å². The number of aromatic nitrogens is 4. The first-order valence-corrected chi connectivity index (χ1v) is 11.6. The van der Waals surface area contributed by atoms with Gasteiger partial charge >= 0.3 is 6.18 Å². The maximum atomic E-state index is 13.8. The van der Waals surface area contributed by atoms with Gasteiger partial charge < -0.3 is 9.42 Å². The Labute approximate surface area is 203 Å². The summed E-state index contributed by atoms with van der Waals surface area (Å²) in [5.41, 5.74) is 2.37. The quantitative estimate of drug-likeness (QED) is 0.423. The molecule has 0 unspecified atom stereocenters. The van der Waals surface area contributed by atoms with Crippen LogP contribution in [0.2, 0.25) is 0 Å². The second-order valence-corrected chi connectivity index (χ2v) is 9.27. The van der Waals surface area contributed by atoms with E-state index in [2.05, 4.69) is 32.2 Å². The van der Waals surface area contributed by atoms with Gasteiger partial charge in [-0.15, -0.1) is 0 Å².